The summed E-state index contributed by atoms with van der Waals surface area (Å²) in [5.41, 5.74) is -0.708. The number of hydrogen-bond donors (Lipinski definition) is 2. The minimum absolute atomic E-state index is 0.0980. The Kier molecular flexibility index (Phi) is 4.36. The first kappa shape index (κ1) is 15.9. The third-order valence-electron chi connectivity index (χ3n) is 3.76. The van der Waals surface area contributed by atoms with E-state index in [-0.39, 0.29) is 23.5 Å². The van der Waals surface area contributed by atoms with Gasteiger partial charge in [-0.1, -0.05) is 0 Å². The van der Waals surface area contributed by atoms with Crippen molar-refractivity contribution in [3.05, 3.63) is 29.8 Å². The fourth-order valence-electron chi connectivity index (χ4n) is 2.19. The summed E-state index contributed by atoms with van der Waals surface area (Å²) in [6, 6.07) is 5.68. The second-order valence-electron chi connectivity index (χ2n) is 5.35. The van der Waals surface area contributed by atoms with Gasteiger partial charge in [0.2, 0.25) is 0 Å². The molecule has 7 heteroatoms. The summed E-state index contributed by atoms with van der Waals surface area (Å²) in [4.78, 5) is 12.2. The molecule has 0 bridgehead atoms. The highest BCUT2D eigenvalue weighted by molar-refractivity contribution is 7.90. The van der Waals surface area contributed by atoms with E-state index in [2.05, 4.69) is 5.32 Å². The number of carbonyl (C=O) groups is 1. The van der Waals surface area contributed by atoms with Crippen LogP contribution in [-0.2, 0) is 14.6 Å². The Balaban J connectivity index is 2.01. The standard InChI is InChI=1S/C14H19NO5S/c1-10-14(17,7-8-20-10)9-15-13(16)11-3-5-12(6-4-11)21(2,18)19/h3-6,10,17H,7-9H2,1-2H3,(H,15,16). The molecule has 2 atom stereocenters. The largest absolute Gasteiger partial charge is 0.385 e. The van der Waals surface area contributed by atoms with Crippen LogP contribution in [0.3, 0.4) is 0 Å². The molecule has 2 unspecified atom stereocenters. The van der Waals surface area contributed by atoms with Gasteiger partial charge in [0.15, 0.2) is 9.84 Å². The lowest BCUT2D eigenvalue weighted by molar-refractivity contribution is -0.0251. The van der Waals surface area contributed by atoms with Crippen LogP contribution in [0.5, 0.6) is 0 Å². The van der Waals surface area contributed by atoms with Crippen LogP contribution in [0.25, 0.3) is 0 Å². The number of hydrogen-bond acceptors (Lipinski definition) is 5. The zero-order valence-electron chi connectivity index (χ0n) is 12.0. The van der Waals surface area contributed by atoms with Crippen molar-refractivity contribution in [3.8, 4) is 0 Å². The highest BCUT2D eigenvalue weighted by Gasteiger charge is 2.39. The van der Waals surface area contributed by atoms with Crippen LogP contribution in [0.15, 0.2) is 29.2 Å². The Morgan fingerprint density at radius 3 is 2.52 bits per heavy atom. The van der Waals surface area contributed by atoms with Gasteiger partial charge < -0.3 is 15.2 Å². The zero-order chi connectivity index (χ0) is 15.7. The average molecular weight is 313 g/mol. The monoisotopic (exact) mass is 313 g/mol. The van der Waals surface area contributed by atoms with E-state index in [4.69, 9.17) is 4.74 Å². The molecule has 1 amide bonds. The van der Waals surface area contributed by atoms with E-state index < -0.39 is 15.4 Å². The molecule has 1 aromatic rings. The fourth-order valence-corrected chi connectivity index (χ4v) is 2.82. The number of sulfone groups is 1. The van der Waals surface area contributed by atoms with Gasteiger partial charge in [-0.15, -0.1) is 0 Å². The van der Waals surface area contributed by atoms with Crippen LogP contribution in [-0.4, -0.2) is 50.5 Å². The van der Waals surface area contributed by atoms with Gasteiger partial charge in [-0.2, -0.15) is 0 Å². The number of carbonyl (C=O) groups excluding carboxylic acids is 1. The SMILES string of the molecule is CC1OCCC1(O)CNC(=O)c1ccc(S(C)(=O)=O)cc1. The first-order valence-corrected chi connectivity index (χ1v) is 8.54. The maximum atomic E-state index is 12.0. The van der Waals surface area contributed by atoms with E-state index in [1.54, 1.807) is 6.92 Å². The zero-order valence-corrected chi connectivity index (χ0v) is 12.8. The average Bonchev–Trinajstić information content (AvgIpc) is 2.76. The van der Waals surface area contributed by atoms with Crippen molar-refractivity contribution >= 4 is 15.7 Å². The van der Waals surface area contributed by atoms with Crippen molar-refractivity contribution in [3.63, 3.8) is 0 Å². The van der Waals surface area contributed by atoms with Crippen LogP contribution in [0, 0.1) is 0 Å². The Morgan fingerprint density at radius 2 is 2.05 bits per heavy atom. The minimum atomic E-state index is -3.28. The summed E-state index contributed by atoms with van der Waals surface area (Å²) < 4.78 is 28.0. The molecule has 1 saturated heterocycles. The molecule has 1 aliphatic rings. The van der Waals surface area contributed by atoms with Crippen molar-refractivity contribution in [2.45, 2.75) is 29.9 Å². The maximum absolute atomic E-state index is 12.0. The van der Waals surface area contributed by atoms with E-state index in [0.29, 0.717) is 18.6 Å². The Labute approximate surface area is 124 Å². The van der Waals surface area contributed by atoms with Gasteiger partial charge in [-0.05, 0) is 31.2 Å². The number of rotatable bonds is 4. The molecule has 1 aliphatic heterocycles. The van der Waals surface area contributed by atoms with Crippen molar-refractivity contribution in [2.75, 3.05) is 19.4 Å². The molecule has 6 nitrogen and oxygen atoms in total. The molecule has 1 fully saturated rings. The molecule has 21 heavy (non-hydrogen) atoms. The van der Waals surface area contributed by atoms with Gasteiger partial charge >= 0.3 is 0 Å². The molecule has 0 aliphatic carbocycles. The fraction of sp³-hybridized carbons (Fsp3) is 0.500. The Bertz CT molecular complexity index is 625. The highest BCUT2D eigenvalue weighted by Crippen LogP contribution is 2.24. The summed E-state index contributed by atoms with van der Waals surface area (Å²) in [6.45, 7) is 2.33. The first-order valence-electron chi connectivity index (χ1n) is 6.65. The Hall–Kier alpha value is -1.44. The topological polar surface area (TPSA) is 92.7 Å². The van der Waals surface area contributed by atoms with Gasteiger partial charge in [-0.25, -0.2) is 8.42 Å². The van der Waals surface area contributed by atoms with E-state index in [9.17, 15) is 18.3 Å². The maximum Gasteiger partial charge on any atom is 0.251 e. The van der Waals surface area contributed by atoms with Gasteiger partial charge in [0.05, 0.1) is 11.0 Å². The summed E-state index contributed by atoms with van der Waals surface area (Å²) >= 11 is 0. The quantitative estimate of drug-likeness (QED) is 0.837. The third-order valence-corrected chi connectivity index (χ3v) is 4.89. The van der Waals surface area contributed by atoms with Crippen LogP contribution in [0.1, 0.15) is 23.7 Å². The van der Waals surface area contributed by atoms with Gasteiger partial charge in [0.1, 0.15) is 5.60 Å². The summed E-state index contributed by atoms with van der Waals surface area (Å²) in [5.74, 6) is -0.359. The molecule has 116 valence electrons. The van der Waals surface area contributed by atoms with Crippen LogP contribution in [0.4, 0.5) is 0 Å². The van der Waals surface area contributed by atoms with Crippen LogP contribution in [0.2, 0.25) is 0 Å². The lowest BCUT2D eigenvalue weighted by atomic mass is 9.96. The molecule has 0 aromatic heterocycles. The van der Waals surface area contributed by atoms with E-state index in [0.717, 1.165) is 6.26 Å². The second-order valence-corrected chi connectivity index (χ2v) is 7.36. The minimum Gasteiger partial charge on any atom is -0.385 e. The second kappa shape index (κ2) is 5.75. The molecule has 2 rings (SSSR count). The summed E-state index contributed by atoms with van der Waals surface area (Å²) in [5, 5.41) is 12.9. The summed E-state index contributed by atoms with van der Waals surface area (Å²) in [7, 11) is -3.28. The third kappa shape index (κ3) is 3.61. The van der Waals surface area contributed by atoms with Crippen molar-refractivity contribution < 1.29 is 23.1 Å². The summed E-state index contributed by atoms with van der Waals surface area (Å²) in [6.07, 6.45) is 1.26. The number of nitrogens with one attached hydrogen (secondary N) is 1. The van der Waals surface area contributed by atoms with Crippen molar-refractivity contribution in [1.82, 2.24) is 5.32 Å². The predicted octanol–water partition coefficient (Wildman–Crippen LogP) is 0.360. The lowest BCUT2D eigenvalue weighted by Crippen LogP contribution is -2.47. The Morgan fingerprint density at radius 1 is 1.43 bits per heavy atom. The predicted molar refractivity (Wildman–Crippen MR) is 76.9 cm³/mol. The molecular weight excluding hydrogens is 294 g/mol. The molecule has 1 aromatic carbocycles. The van der Waals surface area contributed by atoms with E-state index >= 15 is 0 Å². The highest BCUT2D eigenvalue weighted by atomic mass is 32.2. The molecule has 1 heterocycles. The number of aliphatic hydroxyl groups is 1. The van der Waals surface area contributed by atoms with Crippen LogP contribution < -0.4 is 5.32 Å². The van der Waals surface area contributed by atoms with E-state index in [1.807, 2.05) is 0 Å². The smallest absolute Gasteiger partial charge is 0.251 e. The number of ether oxygens (including phenoxy) is 1. The molecule has 0 saturated carbocycles. The molecule has 0 radical (unpaired) electrons. The van der Waals surface area contributed by atoms with Crippen LogP contribution >= 0.6 is 0 Å². The van der Waals surface area contributed by atoms with E-state index in [1.165, 1.54) is 24.3 Å². The van der Waals surface area contributed by atoms with Crippen molar-refractivity contribution in [1.29, 1.82) is 0 Å². The number of amides is 1. The van der Waals surface area contributed by atoms with Gasteiger partial charge in [-0.3, -0.25) is 4.79 Å². The molecule has 0 spiro atoms. The normalized spacial score (nSPS) is 25.8. The lowest BCUT2D eigenvalue weighted by Gasteiger charge is -2.26. The molecular formula is C14H19NO5S. The van der Waals surface area contributed by atoms with Gasteiger partial charge in [0.25, 0.3) is 5.91 Å². The molecule has 2 N–H and O–H groups in total. The van der Waals surface area contributed by atoms with Gasteiger partial charge in [0, 0.05) is 31.4 Å². The first-order chi connectivity index (χ1) is 9.72. The number of benzene rings is 1. The van der Waals surface area contributed by atoms with Crippen molar-refractivity contribution in [2.24, 2.45) is 0 Å².